The molecule has 3 rings (SSSR count). The van der Waals surface area contributed by atoms with Gasteiger partial charge in [-0.15, -0.1) is 0 Å². The van der Waals surface area contributed by atoms with Crippen LogP contribution in [0.5, 0.6) is 0 Å². The van der Waals surface area contributed by atoms with Crippen LogP contribution >= 0.6 is 11.6 Å². The maximum atomic E-state index is 11.9. The van der Waals surface area contributed by atoms with Crippen LogP contribution in [-0.4, -0.2) is 22.3 Å². The fraction of sp³-hybridized carbons (Fsp3) is 0. The molecule has 0 bridgehead atoms. The van der Waals surface area contributed by atoms with E-state index in [9.17, 15) is 4.79 Å². The highest BCUT2D eigenvalue weighted by Crippen LogP contribution is 2.26. The van der Waals surface area contributed by atoms with Crippen LogP contribution in [0.25, 0.3) is 11.3 Å². The van der Waals surface area contributed by atoms with E-state index in [0.717, 1.165) is 5.56 Å². The first-order chi connectivity index (χ1) is 10.7. The van der Waals surface area contributed by atoms with Gasteiger partial charge in [-0.05, 0) is 24.3 Å². The number of aromatic amines is 1. The molecule has 0 spiro atoms. The monoisotopic (exact) mass is 314 g/mol. The lowest BCUT2D eigenvalue weighted by Crippen LogP contribution is -2.17. The molecular formula is C15H11ClN4O2. The van der Waals surface area contributed by atoms with E-state index >= 15 is 0 Å². The van der Waals surface area contributed by atoms with Crippen LogP contribution in [0, 0.1) is 0 Å². The largest absolute Gasteiger partial charge is 0.463 e. The maximum absolute atomic E-state index is 11.9. The lowest BCUT2D eigenvalue weighted by Gasteiger charge is -1.98. The van der Waals surface area contributed by atoms with Crippen molar-refractivity contribution >= 4 is 23.7 Å². The minimum absolute atomic E-state index is 0.284. The first kappa shape index (κ1) is 14.1. The molecule has 0 saturated carbocycles. The number of hydrazone groups is 1. The molecule has 0 aliphatic heterocycles. The number of nitrogens with zero attached hydrogens (tertiary/aromatic N) is 2. The Hall–Kier alpha value is -2.86. The van der Waals surface area contributed by atoms with Crippen LogP contribution in [0.2, 0.25) is 5.02 Å². The van der Waals surface area contributed by atoms with E-state index in [4.69, 9.17) is 16.0 Å². The van der Waals surface area contributed by atoms with Crippen molar-refractivity contribution in [3.05, 3.63) is 65.2 Å². The second kappa shape index (κ2) is 6.28. The Labute approximate surface area is 130 Å². The van der Waals surface area contributed by atoms with Gasteiger partial charge in [-0.3, -0.25) is 9.89 Å². The number of halogens is 1. The van der Waals surface area contributed by atoms with E-state index < -0.39 is 5.91 Å². The summed E-state index contributed by atoms with van der Waals surface area (Å²) >= 11 is 6.10. The van der Waals surface area contributed by atoms with Crippen LogP contribution in [-0.2, 0) is 0 Å². The van der Waals surface area contributed by atoms with Gasteiger partial charge < -0.3 is 4.42 Å². The molecule has 6 nitrogen and oxygen atoms in total. The molecule has 0 fully saturated rings. The number of amides is 1. The van der Waals surface area contributed by atoms with Crippen LogP contribution < -0.4 is 5.43 Å². The highest BCUT2D eigenvalue weighted by molar-refractivity contribution is 6.33. The molecule has 1 amide bonds. The third-order valence-electron chi connectivity index (χ3n) is 2.87. The van der Waals surface area contributed by atoms with E-state index in [1.54, 1.807) is 24.3 Å². The number of furan rings is 1. The van der Waals surface area contributed by atoms with Crippen molar-refractivity contribution in [2.75, 3.05) is 0 Å². The van der Waals surface area contributed by atoms with Gasteiger partial charge in [0.2, 0.25) is 0 Å². The van der Waals surface area contributed by atoms with Crippen molar-refractivity contribution in [2.24, 2.45) is 5.10 Å². The van der Waals surface area contributed by atoms with Gasteiger partial charge in [-0.25, -0.2) is 5.43 Å². The Balaban J connectivity index is 1.71. The van der Waals surface area contributed by atoms with Gasteiger partial charge in [0, 0.05) is 5.56 Å². The topological polar surface area (TPSA) is 83.3 Å². The summed E-state index contributed by atoms with van der Waals surface area (Å²) in [5, 5.41) is 11.1. The summed E-state index contributed by atoms with van der Waals surface area (Å²) in [5.41, 5.74) is 4.00. The van der Waals surface area contributed by atoms with Gasteiger partial charge in [-0.1, -0.05) is 29.8 Å². The van der Waals surface area contributed by atoms with Crippen molar-refractivity contribution in [3.63, 3.8) is 0 Å². The molecule has 2 heterocycles. The number of carbonyl (C=O) groups excluding carboxylic acids is 1. The smallest absolute Gasteiger partial charge is 0.289 e. The lowest BCUT2D eigenvalue weighted by molar-refractivity contribution is 0.0950. The molecule has 2 N–H and O–H groups in total. The van der Waals surface area contributed by atoms with E-state index in [2.05, 4.69) is 20.7 Å². The third kappa shape index (κ3) is 3.07. The average Bonchev–Trinajstić information content (AvgIpc) is 3.19. The fourth-order valence-corrected chi connectivity index (χ4v) is 2.06. The summed E-state index contributed by atoms with van der Waals surface area (Å²) < 4.78 is 5.06. The fourth-order valence-electron chi connectivity index (χ4n) is 1.82. The van der Waals surface area contributed by atoms with Gasteiger partial charge in [0.25, 0.3) is 5.91 Å². The third-order valence-corrected chi connectivity index (χ3v) is 3.20. The Morgan fingerprint density at radius 2 is 2.18 bits per heavy atom. The number of nitrogens with one attached hydrogen (secondary N) is 2. The van der Waals surface area contributed by atoms with Gasteiger partial charge in [-0.2, -0.15) is 10.2 Å². The summed E-state index contributed by atoms with van der Waals surface area (Å²) in [6.07, 6.45) is 2.93. The predicted molar refractivity (Wildman–Crippen MR) is 82.8 cm³/mol. The number of benzene rings is 1. The Morgan fingerprint density at radius 3 is 2.95 bits per heavy atom. The molecule has 0 radical (unpaired) electrons. The molecular weight excluding hydrogens is 304 g/mol. The zero-order valence-corrected chi connectivity index (χ0v) is 12.0. The molecule has 22 heavy (non-hydrogen) atoms. The SMILES string of the molecule is O=C(N/N=C\c1ccco1)c1cc(-c2ccccc2Cl)n[nH]1. The number of H-pyrrole nitrogens is 1. The molecule has 2 aromatic heterocycles. The number of hydrogen-bond donors (Lipinski definition) is 2. The Morgan fingerprint density at radius 1 is 1.32 bits per heavy atom. The van der Waals surface area contributed by atoms with Gasteiger partial charge >= 0.3 is 0 Å². The first-order valence-electron chi connectivity index (χ1n) is 6.41. The van der Waals surface area contributed by atoms with Crippen LogP contribution in [0.1, 0.15) is 16.2 Å². The van der Waals surface area contributed by atoms with Crippen molar-refractivity contribution in [2.45, 2.75) is 0 Å². The van der Waals surface area contributed by atoms with E-state index in [1.165, 1.54) is 12.5 Å². The minimum Gasteiger partial charge on any atom is -0.463 e. The highest BCUT2D eigenvalue weighted by atomic mass is 35.5. The summed E-state index contributed by atoms with van der Waals surface area (Å²) in [7, 11) is 0. The number of aromatic nitrogens is 2. The lowest BCUT2D eigenvalue weighted by atomic mass is 10.1. The normalized spacial score (nSPS) is 11.0. The highest BCUT2D eigenvalue weighted by Gasteiger charge is 2.12. The molecule has 0 atom stereocenters. The van der Waals surface area contributed by atoms with Crippen molar-refractivity contribution in [1.82, 2.24) is 15.6 Å². The predicted octanol–water partition coefficient (Wildman–Crippen LogP) is 3.09. The number of carbonyl (C=O) groups is 1. The molecule has 0 saturated heterocycles. The zero-order chi connectivity index (χ0) is 15.4. The van der Waals surface area contributed by atoms with Gasteiger partial charge in [0.05, 0.1) is 23.2 Å². The molecule has 3 aromatic rings. The Bertz CT molecular complexity index is 809. The van der Waals surface area contributed by atoms with Crippen LogP contribution in [0.4, 0.5) is 0 Å². The van der Waals surface area contributed by atoms with Crippen LogP contribution in [0.3, 0.4) is 0 Å². The standard InChI is InChI=1S/C15H11ClN4O2/c16-12-6-2-1-5-11(12)13-8-14(19-18-13)15(21)20-17-9-10-4-3-7-22-10/h1-9H,(H,18,19)(H,20,21)/b17-9-. The number of hydrogen-bond acceptors (Lipinski definition) is 4. The molecule has 0 aliphatic rings. The molecule has 0 unspecified atom stereocenters. The second-order valence-corrected chi connectivity index (χ2v) is 4.77. The van der Waals surface area contributed by atoms with Gasteiger partial charge in [0.1, 0.15) is 11.5 Å². The molecule has 1 aromatic carbocycles. The van der Waals surface area contributed by atoms with Gasteiger partial charge in [0.15, 0.2) is 0 Å². The average molecular weight is 315 g/mol. The van der Waals surface area contributed by atoms with Crippen molar-refractivity contribution in [1.29, 1.82) is 0 Å². The molecule has 0 aliphatic carbocycles. The van der Waals surface area contributed by atoms with E-state index in [-0.39, 0.29) is 5.69 Å². The molecule has 7 heteroatoms. The first-order valence-corrected chi connectivity index (χ1v) is 6.79. The maximum Gasteiger partial charge on any atom is 0.289 e. The Kier molecular flexibility index (Phi) is 4.02. The molecule has 110 valence electrons. The zero-order valence-electron chi connectivity index (χ0n) is 11.3. The second-order valence-electron chi connectivity index (χ2n) is 4.36. The van der Waals surface area contributed by atoms with Crippen LogP contribution in [0.15, 0.2) is 58.2 Å². The summed E-state index contributed by atoms with van der Waals surface area (Å²) in [6.45, 7) is 0. The quantitative estimate of drug-likeness (QED) is 0.573. The number of rotatable bonds is 4. The van der Waals surface area contributed by atoms with Crippen molar-refractivity contribution < 1.29 is 9.21 Å². The summed E-state index contributed by atoms with van der Waals surface area (Å²) in [4.78, 5) is 11.9. The van der Waals surface area contributed by atoms with E-state index in [1.807, 2.05) is 18.2 Å². The van der Waals surface area contributed by atoms with Crippen molar-refractivity contribution in [3.8, 4) is 11.3 Å². The summed E-state index contributed by atoms with van der Waals surface area (Å²) in [5.74, 6) is 0.135. The van der Waals surface area contributed by atoms with E-state index in [0.29, 0.717) is 16.5 Å². The summed E-state index contributed by atoms with van der Waals surface area (Å²) in [6, 6.07) is 12.3. The minimum atomic E-state index is -0.409.